The Bertz CT molecular complexity index is 965. The molecule has 0 bridgehead atoms. The van der Waals surface area contributed by atoms with Crippen LogP contribution in [0, 0.1) is 11.6 Å². The van der Waals surface area contributed by atoms with Gasteiger partial charge in [-0.05, 0) is 60.7 Å². The Morgan fingerprint density at radius 2 is 1.85 bits per heavy atom. The number of rotatable bonds is 6. The standard InChI is InChI=1S/C21H19F2N3O/c22-16-5-1-3-13(9-16)10-18(15-4-2-6-17(23)11-15)24-21(27)20-12-19(25-26-20)14-7-8-14/h1-6,9,11-12,14,18H,7-8,10H2,(H,24,27)(H,25,26). The smallest absolute Gasteiger partial charge is 0.272 e. The van der Waals surface area contributed by atoms with Crippen LogP contribution >= 0.6 is 0 Å². The third-order valence-electron chi connectivity index (χ3n) is 4.73. The number of aromatic amines is 1. The van der Waals surface area contributed by atoms with Crippen LogP contribution in [0.4, 0.5) is 8.78 Å². The van der Waals surface area contributed by atoms with Gasteiger partial charge in [-0.2, -0.15) is 5.10 Å². The molecule has 1 aromatic heterocycles. The van der Waals surface area contributed by atoms with E-state index in [0.717, 1.165) is 18.5 Å². The van der Waals surface area contributed by atoms with Gasteiger partial charge in [-0.15, -0.1) is 0 Å². The van der Waals surface area contributed by atoms with Gasteiger partial charge in [0.1, 0.15) is 17.3 Å². The number of benzene rings is 2. The van der Waals surface area contributed by atoms with Crippen LogP contribution in [0.25, 0.3) is 0 Å². The van der Waals surface area contributed by atoms with Crippen LogP contribution in [0.1, 0.15) is 52.1 Å². The molecule has 1 fully saturated rings. The molecule has 1 saturated carbocycles. The molecule has 0 saturated heterocycles. The number of hydrogen-bond acceptors (Lipinski definition) is 2. The summed E-state index contributed by atoms with van der Waals surface area (Å²) in [7, 11) is 0. The summed E-state index contributed by atoms with van der Waals surface area (Å²) >= 11 is 0. The van der Waals surface area contributed by atoms with Gasteiger partial charge in [0.25, 0.3) is 5.91 Å². The average molecular weight is 367 g/mol. The molecule has 1 unspecified atom stereocenters. The molecule has 1 aliphatic rings. The maximum Gasteiger partial charge on any atom is 0.272 e. The van der Waals surface area contributed by atoms with E-state index in [9.17, 15) is 13.6 Å². The Morgan fingerprint density at radius 3 is 2.56 bits per heavy atom. The van der Waals surface area contributed by atoms with Gasteiger partial charge >= 0.3 is 0 Å². The minimum Gasteiger partial charge on any atom is -0.344 e. The topological polar surface area (TPSA) is 57.8 Å². The summed E-state index contributed by atoms with van der Waals surface area (Å²) < 4.78 is 27.2. The summed E-state index contributed by atoms with van der Waals surface area (Å²) in [5.74, 6) is -0.617. The molecule has 1 aliphatic carbocycles. The van der Waals surface area contributed by atoms with Crippen molar-refractivity contribution in [1.82, 2.24) is 15.5 Å². The zero-order valence-electron chi connectivity index (χ0n) is 14.6. The first-order valence-electron chi connectivity index (χ1n) is 8.94. The molecule has 2 aromatic carbocycles. The molecular formula is C21H19F2N3O. The second-order valence-electron chi connectivity index (χ2n) is 6.90. The predicted molar refractivity (Wildman–Crippen MR) is 97.3 cm³/mol. The van der Waals surface area contributed by atoms with E-state index in [-0.39, 0.29) is 17.5 Å². The SMILES string of the molecule is O=C(NC(Cc1cccc(F)c1)c1cccc(F)c1)c1cc(C2CC2)[nH]n1. The second-order valence-corrected chi connectivity index (χ2v) is 6.90. The number of carbonyl (C=O) groups is 1. The first-order valence-corrected chi connectivity index (χ1v) is 8.94. The van der Waals surface area contributed by atoms with Crippen LogP contribution in [-0.4, -0.2) is 16.1 Å². The van der Waals surface area contributed by atoms with Crippen molar-refractivity contribution in [2.75, 3.05) is 0 Å². The van der Waals surface area contributed by atoms with Gasteiger partial charge in [-0.25, -0.2) is 8.78 Å². The van der Waals surface area contributed by atoms with Crippen LogP contribution in [0.3, 0.4) is 0 Å². The summed E-state index contributed by atoms with van der Waals surface area (Å²) in [6.45, 7) is 0. The number of H-pyrrole nitrogens is 1. The monoisotopic (exact) mass is 367 g/mol. The highest BCUT2D eigenvalue weighted by Crippen LogP contribution is 2.39. The van der Waals surface area contributed by atoms with Crippen molar-refractivity contribution in [1.29, 1.82) is 0 Å². The summed E-state index contributed by atoms with van der Waals surface area (Å²) in [6.07, 6.45) is 2.55. The number of hydrogen-bond donors (Lipinski definition) is 2. The van der Waals surface area contributed by atoms with Crippen molar-refractivity contribution < 1.29 is 13.6 Å². The lowest BCUT2D eigenvalue weighted by atomic mass is 9.98. The van der Waals surface area contributed by atoms with Crippen LogP contribution in [0.15, 0.2) is 54.6 Å². The van der Waals surface area contributed by atoms with Crippen LogP contribution in [0.2, 0.25) is 0 Å². The molecule has 0 aliphatic heterocycles. The quantitative estimate of drug-likeness (QED) is 0.683. The fraction of sp³-hybridized carbons (Fsp3) is 0.238. The molecule has 27 heavy (non-hydrogen) atoms. The van der Waals surface area contributed by atoms with Crippen molar-refractivity contribution in [3.05, 3.63) is 88.7 Å². The Labute approximate surface area is 155 Å². The molecule has 4 rings (SSSR count). The molecule has 4 nitrogen and oxygen atoms in total. The zero-order chi connectivity index (χ0) is 18.8. The molecule has 1 atom stereocenters. The molecule has 1 heterocycles. The summed E-state index contributed by atoms with van der Waals surface area (Å²) in [5.41, 5.74) is 2.60. The van der Waals surface area contributed by atoms with E-state index in [1.165, 1.54) is 24.3 Å². The van der Waals surface area contributed by atoms with E-state index in [1.54, 1.807) is 30.3 Å². The number of amides is 1. The normalized spacial score (nSPS) is 14.7. The van der Waals surface area contributed by atoms with Crippen LogP contribution in [0.5, 0.6) is 0 Å². The Morgan fingerprint density at radius 1 is 1.11 bits per heavy atom. The van der Waals surface area contributed by atoms with E-state index in [1.807, 2.05) is 0 Å². The Hall–Kier alpha value is -3.02. The summed E-state index contributed by atoms with van der Waals surface area (Å²) in [6, 6.07) is 13.5. The summed E-state index contributed by atoms with van der Waals surface area (Å²) in [5, 5.41) is 9.91. The van der Waals surface area contributed by atoms with Gasteiger partial charge in [-0.3, -0.25) is 9.89 Å². The highest BCUT2D eigenvalue weighted by Gasteiger charge is 2.27. The highest BCUT2D eigenvalue weighted by molar-refractivity contribution is 5.92. The summed E-state index contributed by atoms with van der Waals surface area (Å²) in [4.78, 5) is 12.7. The predicted octanol–water partition coefficient (Wildman–Crippen LogP) is 4.28. The molecular weight excluding hydrogens is 348 g/mol. The minimum absolute atomic E-state index is 0.303. The lowest BCUT2D eigenvalue weighted by molar-refractivity contribution is 0.0931. The number of nitrogens with zero attached hydrogens (tertiary/aromatic N) is 1. The third kappa shape index (κ3) is 4.22. The Balaban J connectivity index is 1.57. The number of nitrogens with one attached hydrogen (secondary N) is 2. The first kappa shape index (κ1) is 17.4. The van der Waals surface area contributed by atoms with E-state index < -0.39 is 6.04 Å². The minimum atomic E-state index is -0.504. The lowest BCUT2D eigenvalue weighted by Gasteiger charge is -2.19. The van der Waals surface area contributed by atoms with Crippen molar-refractivity contribution >= 4 is 5.91 Å². The highest BCUT2D eigenvalue weighted by atomic mass is 19.1. The van der Waals surface area contributed by atoms with Gasteiger partial charge in [0.05, 0.1) is 6.04 Å². The fourth-order valence-corrected chi connectivity index (χ4v) is 3.16. The Kier molecular flexibility index (Phi) is 4.71. The number of aromatic nitrogens is 2. The molecule has 0 radical (unpaired) electrons. The van der Waals surface area contributed by atoms with Crippen molar-refractivity contribution in [2.45, 2.75) is 31.2 Å². The van der Waals surface area contributed by atoms with Crippen LogP contribution < -0.4 is 5.32 Å². The fourth-order valence-electron chi connectivity index (χ4n) is 3.16. The molecule has 0 spiro atoms. The van der Waals surface area contributed by atoms with Gasteiger partial charge < -0.3 is 5.32 Å². The molecule has 138 valence electrons. The van der Waals surface area contributed by atoms with E-state index in [0.29, 0.717) is 29.2 Å². The van der Waals surface area contributed by atoms with E-state index >= 15 is 0 Å². The van der Waals surface area contributed by atoms with Gasteiger partial charge in [0.15, 0.2) is 0 Å². The number of carbonyl (C=O) groups excluding carboxylic acids is 1. The van der Waals surface area contributed by atoms with Crippen molar-refractivity contribution in [2.24, 2.45) is 0 Å². The average Bonchev–Trinajstić information content (AvgIpc) is 3.38. The van der Waals surface area contributed by atoms with Crippen LogP contribution in [-0.2, 0) is 6.42 Å². The molecule has 6 heteroatoms. The zero-order valence-corrected chi connectivity index (χ0v) is 14.6. The first-order chi connectivity index (χ1) is 13.1. The van der Waals surface area contributed by atoms with Gasteiger partial charge in [-0.1, -0.05) is 24.3 Å². The maximum absolute atomic E-state index is 13.7. The second kappa shape index (κ2) is 7.31. The van der Waals surface area contributed by atoms with E-state index in [4.69, 9.17) is 0 Å². The largest absolute Gasteiger partial charge is 0.344 e. The van der Waals surface area contributed by atoms with Crippen molar-refractivity contribution in [3.63, 3.8) is 0 Å². The molecule has 3 aromatic rings. The lowest BCUT2D eigenvalue weighted by Crippen LogP contribution is -2.30. The number of halogens is 2. The molecule has 1 amide bonds. The third-order valence-corrected chi connectivity index (χ3v) is 4.73. The molecule has 2 N–H and O–H groups in total. The van der Waals surface area contributed by atoms with Gasteiger partial charge in [0.2, 0.25) is 0 Å². The van der Waals surface area contributed by atoms with Crippen molar-refractivity contribution in [3.8, 4) is 0 Å². The maximum atomic E-state index is 13.7. The van der Waals surface area contributed by atoms with Gasteiger partial charge in [0, 0.05) is 11.6 Å². The van der Waals surface area contributed by atoms with E-state index in [2.05, 4.69) is 15.5 Å².